The monoisotopic (exact) mass is 372 g/mol. The average Bonchev–Trinajstić information content (AvgIpc) is 2.93. The van der Waals surface area contributed by atoms with Crippen LogP contribution in [0, 0.1) is 0 Å². The van der Waals surface area contributed by atoms with Crippen molar-refractivity contribution in [3.05, 3.63) is 89.0 Å². The van der Waals surface area contributed by atoms with Crippen LogP contribution >= 0.6 is 0 Å². The molecule has 0 fully saturated rings. The van der Waals surface area contributed by atoms with Gasteiger partial charge in [0.2, 0.25) is 0 Å². The molecule has 0 unspecified atom stereocenters. The predicted molar refractivity (Wildman–Crippen MR) is 123 cm³/mol. The Labute approximate surface area is 170 Å². The zero-order valence-electron chi connectivity index (χ0n) is 17.5. The van der Waals surface area contributed by atoms with Crippen molar-refractivity contribution in [3.8, 4) is 0 Å². The Balaban J connectivity index is 0.00000109. The molecule has 2 heteroatoms. The van der Waals surface area contributed by atoms with Crippen LogP contribution in [0.4, 0.5) is 17.1 Å². The third-order valence-corrected chi connectivity index (χ3v) is 5.20. The van der Waals surface area contributed by atoms with E-state index >= 15 is 0 Å². The quantitative estimate of drug-likeness (QED) is 0.502. The van der Waals surface area contributed by atoms with Gasteiger partial charge in [-0.3, -0.25) is 0 Å². The lowest BCUT2D eigenvalue weighted by Crippen LogP contribution is -2.01. The zero-order chi connectivity index (χ0) is 19.9. The Hall–Kier alpha value is -2.74. The first-order valence-electron chi connectivity index (χ1n) is 10.5. The molecule has 0 radical (unpaired) electrons. The number of hydrogen-bond donors (Lipinski definition) is 2. The minimum atomic E-state index is 0.582. The molecule has 1 heterocycles. The summed E-state index contributed by atoms with van der Waals surface area (Å²) in [4.78, 5) is 0. The number of anilines is 3. The minimum absolute atomic E-state index is 0.582. The average molecular weight is 373 g/mol. The summed E-state index contributed by atoms with van der Waals surface area (Å²) in [5.41, 5.74) is 9.12. The number of hydrogen-bond acceptors (Lipinski definition) is 2. The van der Waals surface area contributed by atoms with Crippen LogP contribution in [0.1, 0.15) is 55.9 Å². The summed E-state index contributed by atoms with van der Waals surface area (Å²) < 4.78 is 0. The normalized spacial score (nSPS) is 12.0. The van der Waals surface area contributed by atoms with Crippen molar-refractivity contribution in [2.75, 3.05) is 10.6 Å². The Kier molecular flexibility index (Phi) is 6.76. The molecule has 0 amide bonds. The Morgan fingerprint density at radius 3 is 2.25 bits per heavy atom. The number of nitrogens with one attached hydrogen (secondary N) is 2. The highest BCUT2D eigenvalue weighted by Crippen LogP contribution is 2.31. The maximum absolute atomic E-state index is 3.59. The minimum Gasteiger partial charge on any atom is -0.381 e. The zero-order valence-corrected chi connectivity index (χ0v) is 17.5. The van der Waals surface area contributed by atoms with Gasteiger partial charge in [0.1, 0.15) is 0 Å². The first-order chi connectivity index (χ1) is 13.7. The smallest absolute Gasteiger partial charge is 0.0418 e. The molecular formula is C26H32N2. The standard InChI is InChI=1S/C24H26N2.C2H6/c1-17(2)19-9-7-18(8-10-19)16-25-22-13-14-24-21(15-22)12-11-20-5-3-4-6-23(20)26-24;1-2/h3-10,13-15,17,25-26H,11-12,16H2,1-2H3;1-2H3. The fraction of sp³-hybridized carbons (Fsp3) is 0.308. The van der Waals surface area contributed by atoms with E-state index in [4.69, 9.17) is 0 Å². The van der Waals surface area contributed by atoms with Crippen LogP contribution in [-0.2, 0) is 19.4 Å². The van der Waals surface area contributed by atoms with E-state index < -0.39 is 0 Å². The highest BCUT2D eigenvalue weighted by molar-refractivity contribution is 5.70. The molecule has 0 saturated carbocycles. The molecule has 28 heavy (non-hydrogen) atoms. The van der Waals surface area contributed by atoms with Crippen LogP contribution in [0.2, 0.25) is 0 Å². The van der Waals surface area contributed by atoms with Crippen molar-refractivity contribution >= 4 is 17.1 Å². The van der Waals surface area contributed by atoms with Gasteiger partial charge in [-0.2, -0.15) is 0 Å². The molecule has 0 spiro atoms. The Morgan fingerprint density at radius 2 is 1.50 bits per heavy atom. The maximum Gasteiger partial charge on any atom is 0.0418 e. The molecule has 0 aromatic heterocycles. The molecule has 0 saturated heterocycles. The highest BCUT2D eigenvalue weighted by atomic mass is 14.9. The molecule has 1 aliphatic heterocycles. The number of para-hydroxylation sites is 1. The van der Waals surface area contributed by atoms with Crippen LogP contribution in [-0.4, -0.2) is 0 Å². The molecule has 3 aromatic carbocycles. The van der Waals surface area contributed by atoms with E-state index in [9.17, 15) is 0 Å². The van der Waals surface area contributed by atoms with E-state index in [-0.39, 0.29) is 0 Å². The van der Waals surface area contributed by atoms with Crippen LogP contribution in [0.25, 0.3) is 0 Å². The molecule has 1 aliphatic rings. The molecule has 0 bridgehead atoms. The summed E-state index contributed by atoms with van der Waals surface area (Å²) >= 11 is 0. The first kappa shape index (κ1) is 20.0. The Morgan fingerprint density at radius 1 is 0.821 bits per heavy atom. The topological polar surface area (TPSA) is 24.1 Å². The van der Waals surface area contributed by atoms with Gasteiger partial charge in [0.25, 0.3) is 0 Å². The highest BCUT2D eigenvalue weighted by Gasteiger charge is 2.12. The van der Waals surface area contributed by atoms with E-state index in [1.165, 1.54) is 39.3 Å². The van der Waals surface area contributed by atoms with Crippen LogP contribution in [0.5, 0.6) is 0 Å². The van der Waals surface area contributed by atoms with E-state index in [1.54, 1.807) is 0 Å². The first-order valence-corrected chi connectivity index (χ1v) is 10.5. The summed E-state index contributed by atoms with van der Waals surface area (Å²) in [6.07, 6.45) is 2.15. The molecular weight excluding hydrogens is 340 g/mol. The number of rotatable bonds is 4. The van der Waals surface area contributed by atoms with Gasteiger partial charge in [-0.05, 0) is 65.3 Å². The van der Waals surface area contributed by atoms with E-state index in [0.29, 0.717) is 5.92 Å². The van der Waals surface area contributed by atoms with Crippen molar-refractivity contribution < 1.29 is 0 Å². The second-order valence-electron chi connectivity index (χ2n) is 7.40. The fourth-order valence-corrected chi connectivity index (χ4v) is 3.53. The molecule has 2 nitrogen and oxygen atoms in total. The number of benzene rings is 3. The molecule has 0 aliphatic carbocycles. The van der Waals surface area contributed by atoms with Crippen LogP contribution in [0.3, 0.4) is 0 Å². The molecule has 146 valence electrons. The summed E-state index contributed by atoms with van der Waals surface area (Å²) in [5, 5.41) is 7.17. The van der Waals surface area contributed by atoms with Gasteiger partial charge < -0.3 is 10.6 Å². The molecule has 3 aromatic rings. The van der Waals surface area contributed by atoms with Gasteiger partial charge in [-0.1, -0.05) is 70.2 Å². The molecule has 2 N–H and O–H groups in total. The number of aryl methyl sites for hydroxylation is 2. The van der Waals surface area contributed by atoms with Crippen LogP contribution in [0.15, 0.2) is 66.7 Å². The molecule has 4 rings (SSSR count). The predicted octanol–water partition coefficient (Wildman–Crippen LogP) is 7.29. The van der Waals surface area contributed by atoms with E-state index in [1.807, 2.05) is 13.8 Å². The van der Waals surface area contributed by atoms with Gasteiger partial charge in [0.15, 0.2) is 0 Å². The third kappa shape index (κ3) is 4.75. The lowest BCUT2D eigenvalue weighted by atomic mass is 10.0. The van der Waals surface area contributed by atoms with Crippen molar-refractivity contribution in [1.82, 2.24) is 0 Å². The summed E-state index contributed by atoms with van der Waals surface area (Å²) in [5.74, 6) is 0.582. The molecule has 0 atom stereocenters. The van der Waals surface area contributed by atoms with Gasteiger partial charge in [0.05, 0.1) is 0 Å². The lowest BCUT2D eigenvalue weighted by Gasteiger charge is -2.13. The van der Waals surface area contributed by atoms with Gasteiger partial charge in [-0.15, -0.1) is 0 Å². The van der Waals surface area contributed by atoms with Crippen LogP contribution < -0.4 is 10.6 Å². The maximum atomic E-state index is 3.59. The second kappa shape index (κ2) is 9.45. The number of fused-ring (bicyclic) bond motifs is 2. The fourth-order valence-electron chi connectivity index (χ4n) is 3.53. The van der Waals surface area contributed by atoms with Crippen molar-refractivity contribution in [3.63, 3.8) is 0 Å². The Bertz CT molecular complexity index is 895. The van der Waals surface area contributed by atoms with Crippen molar-refractivity contribution in [2.24, 2.45) is 0 Å². The summed E-state index contributed by atoms with van der Waals surface area (Å²) in [7, 11) is 0. The van der Waals surface area contributed by atoms with E-state index in [2.05, 4.69) is 91.2 Å². The largest absolute Gasteiger partial charge is 0.381 e. The van der Waals surface area contributed by atoms with Gasteiger partial charge >= 0.3 is 0 Å². The lowest BCUT2D eigenvalue weighted by molar-refractivity contribution is 0.865. The van der Waals surface area contributed by atoms with Gasteiger partial charge in [-0.25, -0.2) is 0 Å². The van der Waals surface area contributed by atoms with Crippen molar-refractivity contribution in [1.29, 1.82) is 0 Å². The summed E-state index contributed by atoms with van der Waals surface area (Å²) in [6, 6.07) is 24.2. The van der Waals surface area contributed by atoms with Gasteiger partial charge in [0, 0.05) is 23.6 Å². The second-order valence-corrected chi connectivity index (χ2v) is 7.40. The SMILES string of the molecule is CC.CC(C)c1ccc(CNc2ccc3c(c2)CCc2ccccc2N3)cc1. The van der Waals surface area contributed by atoms with E-state index in [0.717, 1.165) is 19.4 Å². The third-order valence-electron chi connectivity index (χ3n) is 5.20. The van der Waals surface area contributed by atoms with Crippen molar-refractivity contribution in [2.45, 2.75) is 53.0 Å². The summed E-state index contributed by atoms with van der Waals surface area (Å²) in [6.45, 7) is 9.31.